The monoisotopic (exact) mass is 828 g/mol. The first-order chi connectivity index (χ1) is 28.1. The van der Waals surface area contributed by atoms with E-state index in [1.165, 1.54) is 43.5 Å². The molecule has 20 nitrogen and oxygen atoms in total. The molecule has 0 amide bonds. The van der Waals surface area contributed by atoms with Crippen LogP contribution in [0.4, 0.5) is 0 Å². The number of phenols is 4. The molecule has 2 saturated heterocycles. The van der Waals surface area contributed by atoms with Crippen molar-refractivity contribution >= 4 is 29.0 Å². The maximum Gasteiger partial charge on any atom is 0.331 e. The highest BCUT2D eigenvalue weighted by atomic mass is 16.8. The number of esters is 2. The number of hydrogen-bond acceptors (Lipinski definition) is 20. The Labute approximate surface area is 332 Å². The van der Waals surface area contributed by atoms with E-state index >= 15 is 0 Å². The Morgan fingerprint density at radius 3 is 2.17 bits per heavy atom. The zero-order valence-corrected chi connectivity index (χ0v) is 31.1. The molecule has 1 aromatic heterocycles. The lowest BCUT2D eigenvalue weighted by Crippen LogP contribution is -2.65. The second kappa shape index (κ2) is 17.9. The second-order valence-corrected chi connectivity index (χ2v) is 13.4. The van der Waals surface area contributed by atoms with E-state index in [2.05, 4.69) is 0 Å². The Morgan fingerprint density at radius 1 is 0.780 bits per heavy atom. The Morgan fingerprint density at radius 2 is 1.47 bits per heavy atom. The van der Waals surface area contributed by atoms with Crippen LogP contribution in [0.25, 0.3) is 28.4 Å². The molecule has 316 valence electrons. The summed E-state index contributed by atoms with van der Waals surface area (Å²) in [6.07, 6.45) is -16.1. The summed E-state index contributed by atoms with van der Waals surface area (Å²) in [5, 5.41) is 94.2. The topological polar surface area (TPSA) is 311 Å². The first kappa shape index (κ1) is 42.6. The van der Waals surface area contributed by atoms with E-state index < -0.39 is 109 Å². The van der Waals surface area contributed by atoms with Crippen molar-refractivity contribution in [2.24, 2.45) is 0 Å². The van der Waals surface area contributed by atoms with Crippen LogP contribution in [0.5, 0.6) is 34.5 Å². The van der Waals surface area contributed by atoms with Gasteiger partial charge in [0.2, 0.25) is 6.29 Å². The molecule has 6 rings (SSSR count). The van der Waals surface area contributed by atoms with Crippen LogP contribution in [0, 0.1) is 0 Å². The molecule has 9 N–H and O–H groups in total. The number of methoxy groups -OCH3 is 1. The van der Waals surface area contributed by atoms with Gasteiger partial charge in [-0.05, 0) is 42.0 Å². The van der Waals surface area contributed by atoms with Crippen LogP contribution >= 0.6 is 0 Å². The smallest absolute Gasteiger partial charge is 0.331 e. The fourth-order valence-electron chi connectivity index (χ4n) is 6.33. The van der Waals surface area contributed by atoms with Gasteiger partial charge in [-0.2, -0.15) is 0 Å². The highest BCUT2D eigenvalue weighted by molar-refractivity contribution is 5.87. The van der Waals surface area contributed by atoms with Gasteiger partial charge in [-0.15, -0.1) is 0 Å². The fraction of sp³-hybridized carbons (Fsp3) is 0.359. The van der Waals surface area contributed by atoms with Crippen LogP contribution in [0.3, 0.4) is 0 Å². The Hall–Kier alpha value is -5.97. The summed E-state index contributed by atoms with van der Waals surface area (Å²) < 4.78 is 44.9. The lowest BCUT2D eigenvalue weighted by atomic mass is 9.97. The molecule has 0 aliphatic carbocycles. The van der Waals surface area contributed by atoms with E-state index in [0.717, 1.165) is 37.3 Å². The summed E-state index contributed by atoms with van der Waals surface area (Å²) in [5.41, 5.74) is -0.307. The molecule has 2 fully saturated rings. The maximum absolute atomic E-state index is 13.1. The molecule has 0 radical (unpaired) electrons. The van der Waals surface area contributed by atoms with Gasteiger partial charge in [-0.3, -0.25) is 9.59 Å². The lowest BCUT2D eigenvalue weighted by molar-refractivity contribution is -0.358. The summed E-state index contributed by atoms with van der Waals surface area (Å²) in [6.45, 7) is -0.400. The first-order valence-electron chi connectivity index (χ1n) is 17.8. The molecule has 2 aliphatic rings. The van der Waals surface area contributed by atoms with Gasteiger partial charge in [-0.1, -0.05) is 6.07 Å². The molecule has 0 unspecified atom stereocenters. The molecule has 2 aliphatic heterocycles. The molecule has 3 heterocycles. The largest absolute Gasteiger partial charge is 0.507 e. The van der Waals surface area contributed by atoms with Crippen LogP contribution in [0.15, 0.2) is 69.9 Å². The van der Waals surface area contributed by atoms with E-state index in [9.17, 15) is 60.3 Å². The molecule has 0 bridgehead atoms. The van der Waals surface area contributed by atoms with Crippen molar-refractivity contribution in [1.82, 2.24) is 0 Å². The predicted octanol–water partition coefficient (Wildman–Crippen LogP) is 0.129. The maximum atomic E-state index is 13.1. The lowest BCUT2D eigenvalue weighted by Gasteiger charge is -2.46. The number of benzene rings is 3. The molecule has 20 heteroatoms. The Kier molecular flexibility index (Phi) is 12.9. The van der Waals surface area contributed by atoms with Crippen molar-refractivity contribution in [3.05, 3.63) is 76.5 Å². The zero-order valence-electron chi connectivity index (χ0n) is 31.1. The van der Waals surface area contributed by atoms with Gasteiger partial charge in [0.25, 0.3) is 0 Å². The number of aliphatic hydroxyl groups excluding tert-OH is 5. The molecule has 4 aromatic rings. The van der Waals surface area contributed by atoms with E-state index in [-0.39, 0.29) is 39.5 Å². The van der Waals surface area contributed by atoms with Gasteiger partial charge >= 0.3 is 11.9 Å². The second-order valence-electron chi connectivity index (χ2n) is 13.4. The number of aliphatic hydroxyl groups is 5. The molecule has 3 aromatic carbocycles. The molecule has 10 atom stereocenters. The van der Waals surface area contributed by atoms with Crippen molar-refractivity contribution < 1.29 is 93.1 Å². The van der Waals surface area contributed by atoms with Crippen LogP contribution in [-0.2, 0) is 33.3 Å². The SMILES string of the molecule is COc1cc(-c2cc(=O)c3c(O)cc(O[C@@H]4O[C@@H](CO)[C@@H](O)[C@H](O)[C@H]4O[C@H]4O[C@@H](COC(C)=O)[C@@H](O)[C@H](O)[C@H]4OC(=O)/C=C\c4ccc(O)c(O)c4)cc3o2)ccc1O. The molecular weight excluding hydrogens is 788 g/mol. The number of phenolic OH excluding ortho intramolecular Hbond substituents is 4. The minimum Gasteiger partial charge on any atom is -0.507 e. The quantitative estimate of drug-likeness (QED) is 0.0521. The number of hydrogen-bond donors (Lipinski definition) is 9. The van der Waals surface area contributed by atoms with Crippen LogP contribution < -0.4 is 14.9 Å². The fourth-order valence-corrected chi connectivity index (χ4v) is 6.33. The average Bonchev–Trinajstić information content (AvgIpc) is 3.19. The van der Waals surface area contributed by atoms with Crippen molar-refractivity contribution in [3.8, 4) is 45.8 Å². The number of carbonyl (C=O) groups is 2. The third kappa shape index (κ3) is 9.35. The summed E-state index contributed by atoms with van der Waals surface area (Å²) >= 11 is 0. The summed E-state index contributed by atoms with van der Waals surface area (Å²) in [7, 11) is 1.32. The van der Waals surface area contributed by atoms with Crippen molar-refractivity contribution in [3.63, 3.8) is 0 Å². The van der Waals surface area contributed by atoms with E-state index in [1.807, 2.05) is 0 Å². The number of rotatable bonds is 12. The highest BCUT2D eigenvalue weighted by Crippen LogP contribution is 2.37. The van der Waals surface area contributed by atoms with Gasteiger partial charge in [0.05, 0.1) is 13.7 Å². The number of carbonyl (C=O) groups excluding carboxylic acids is 2. The summed E-state index contributed by atoms with van der Waals surface area (Å²) in [4.78, 5) is 37.8. The zero-order chi connectivity index (χ0) is 42.7. The normalized spacial score (nSPS) is 27.0. The summed E-state index contributed by atoms with van der Waals surface area (Å²) in [6, 6.07) is 11.1. The van der Waals surface area contributed by atoms with Crippen molar-refractivity contribution in [2.75, 3.05) is 20.3 Å². The molecular formula is C39H40O20. The van der Waals surface area contributed by atoms with Gasteiger partial charge in [0, 0.05) is 36.8 Å². The van der Waals surface area contributed by atoms with E-state index in [0.29, 0.717) is 5.56 Å². The number of fused-ring (bicyclic) bond motifs is 1. The Bertz CT molecular complexity index is 2250. The summed E-state index contributed by atoms with van der Waals surface area (Å²) in [5.74, 6) is -3.79. The van der Waals surface area contributed by atoms with Gasteiger partial charge in [0.1, 0.15) is 71.5 Å². The standard InChI is InChI=1S/C39H40O20/c1-16(41)53-15-29-33(49)35(51)36(58-30(47)8-4-17-3-6-20(42)22(44)9-17)39(57-29)59-37-34(50)32(48)28(14-40)56-38(37)54-19-11-23(45)31-24(46)13-25(55-27(31)12-19)18-5-7-21(43)26(10-18)52-2/h3-13,28-29,32-40,42-45,48-51H,14-15H2,1-2H3/b8-4-/t28-,29-,32+,33+,34-,35-,36+,37+,38+,39+/m0/s1. The average molecular weight is 829 g/mol. The molecule has 0 saturated carbocycles. The van der Waals surface area contributed by atoms with Crippen LogP contribution in [-0.4, -0.2) is 140 Å². The minimum atomic E-state index is -2.00. The third-order valence-electron chi connectivity index (χ3n) is 9.37. The first-order valence-corrected chi connectivity index (χ1v) is 17.8. The molecule has 0 spiro atoms. The molecule has 59 heavy (non-hydrogen) atoms. The predicted molar refractivity (Wildman–Crippen MR) is 197 cm³/mol. The van der Waals surface area contributed by atoms with Crippen LogP contribution in [0.1, 0.15) is 12.5 Å². The van der Waals surface area contributed by atoms with Crippen molar-refractivity contribution in [2.45, 2.75) is 68.3 Å². The van der Waals surface area contributed by atoms with Gasteiger partial charge in [0.15, 0.2) is 46.9 Å². The van der Waals surface area contributed by atoms with Crippen molar-refractivity contribution in [1.29, 1.82) is 0 Å². The number of ether oxygens (including phenoxy) is 7. The minimum absolute atomic E-state index is 0.00140. The van der Waals surface area contributed by atoms with Crippen LogP contribution in [0.2, 0.25) is 0 Å². The van der Waals surface area contributed by atoms with E-state index in [1.54, 1.807) is 0 Å². The Balaban J connectivity index is 1.32. The number of aromatic hydroxyl groups is 4. The van der Waals surface area contributed by atoms with Gasteiger partial charge in [-0.25, -0.2) is 4.79 Å². The third-order valence-corrected chi connectivity index (χ3v) is 9.37. The highest BCUT2D eigenvalue weighted by Gasteiger charge is 2.53. The van der Waals surface area contributed by atoms with E-state index in [4.69, 9.17) is 37.6 Å². The van der Waals surface area contributed by atoms with Gasteiger partial charge < -0.3 is 83.5 Å².